The van der Waals surface area contributed by atoms with Gasteiger partial charge in [-0.1, -0.05) is 32.9 Å². The van der Waals surface area contributed by atoms with Crippen molar-refractivity contribution >= 4 is 29.0 Å². The molecule has 4 nitrogen and oxygen atoms in total. The van der Waals surface area contributed by atoms with Gasteiger partial charge in [0, 0.05) is 17.6 Å². The third kappa shape index (κ3) is 3.24. The first-order valence-corrected chi connectivity index (χ1v) is 8.19. The molecule has 1 saturated heterocycles. The number of imide groups is 1. The molecule has 3 rings (SSSR count). The van der Waals surface area contributed by atoms with Crippen LogP contribution in [0.2, 0.25) is 0 Å². The molecule has 23 heavy (non-hydrogen) atoms. The Morgan fingerprint density at radius 3 is 2.35 bits per heavy atom. The van der Waals surface area contributed by atoms with Gasteiger partial charge in [-0.25, -0.2) is 0 Å². The smallest absolute Gasteiger partial charge is 0.290 e. The fraction of sp³-hybridized carbons (Fsp3) is 0.222. The molecule has 2 aromatic rings. The van der Waals surface area contributed by atoms with E-state index in [4.69, 9.17) is 0 Å². The summed E-state index contributed by atoms with van der Waals surface area (Å²) in [6, 6.07) is 12.2. The van der Waals surface area contributed by atoms with Gasteiger partial charge >= 0.3 is 0 Å². The minimum Gasteiger partial charge on any atom is -0.317 e. The zero-order valence-electron chi connectivity index (χ0n) is 13.3. The lowest BCUT2D eigenvalue weighted by Gasteiger charge is -2.19. The molecule has 0 bridgehead atoms. The molecule has 0 unspecified atom stereocenters. The van der Waals surface area contributed by atoms with Gasteiger partial charge in [-0.15, -0.1) is 0 Å². The summed E-state index contributed by atoms with van der Waals surface area (Å²) in [5.74, 6) is -0.337. The third-order valence-corrected chi connectivity index (χ3v) is 4.52. The van der Waals surface area contributed by atoms with E-state index in [2.05, 4.69) is 50.4 Å². The van der Waals surface area contributed by atoms with Crippen LogP contribution in [0.3, 0.4) is 0 Å². The van der Waals surface area contributed by atoms with Crippen LogP contribution in [0.25, 0.3) is 11.8 Å². The van der Waals surface area contributed by atoms with Crippen molar-refractivity contribution in [2.45, 2.75) is 26.2 Å². The molecule has 1 aromatic carbocycles. The molecule has 1 aromatic heterocycles. The maximum atomic E-state index is 11.7. The second kappa shape index (κ2) is 5.74. The number of hydrogen-bond donors (Lipinski definition) is 1. The molecule has 0 spiro atoms. The minimum atomic E-state index is -0.337. The Kier molecular flexibility index (Phi) is 3.90. The summed E-state index contributed by atoms with van der Waals surface area (Å²) in [5, 5.41) is 1.95. The van der Waals surface area contributed by atoms with Crippen molar-refractivity contribution in [3.63, 3.8) is 0 Å². The topological polar surface area (TPSA) is 51.1 Å². The molecule has 0 aliphatic carbocycles. The lowest BCUT2D eigenvalue weighted by molar-refractivity contribution is -0.115. The molecule has 1 aliphatic rings. The maximum Gasteiger partial charge on any atom is 0.290 e. The van der Waals surface area contributed by atoms with Crippen LogP contribution >= 0.6 is 11.8 Å². The number of hydrogen-bond acceptors (Lipinski definition) is 3. The maximum absolute atomic E-state index is 11.7. The number of aromatic nitrogens is 1. The lowest BCUT2D eigenvalue weighted by atomic mass is 9.87. The summed E-state index contributed by atoms with van der Waals surface area (Å²) < 4.78 is 2.00. The van der Waals surface area contributed by atoms with Gasteiger partial charge in [0.15, 0.2) is 0 Å². The van der Waals surface area contributed by atoms with Crippen molar-refractivity contribution in [1.29, 1.82) is 0 Å². The van der Waals surface area contributed by atoms with Crippen molar-refractivity contribution in [1.82, 2.24) is 9.88 Å². The average Bonchev–Trinajstić information content (AvgIpc) is 3.05. The van der Waals surface area contributed by atoms with Gasteiger partial charge in [-0.05, 0) is 53.1 Å². The van der Waals surface area contributed by atoms with Crippen LogP contribution < -0.4 is 5.32 Å². The van der Waals surface area contributed by atoms with Gasteiger partial charge in [0.25, 0.3) is 11.1 Å². The van der Waals surface area contributed by atoms with E-state index in [1.54, 1.807) is 6.08 Å². The zero-order chi connectivity index (χ0) is 16.6. The van der Waals surface area contributed by atoms with Gasteiger partial charge in [0.05, 0.1) is 4.91 Å². The van der Waals surface area contributed by atoms with Crippen LogP contribution in [0.1, 0.15) is 32.0 Å². The molecule has 2 amide bonds. The van der Waals surface area contributed by atoms with E-state index >= 15 is 0 Å². The van der Waals surface area contributed by atoms with Gasteiger partial charge in [0.2, 0.25) is 0 Å². The van der Waals surface area contributed by atoms with Crippen molar-refractivity contribution in [2.75, 3.05) is 0 Å². The van der Waals surface area contributed by atoms with Crippen LogP contribution in [-0.2, 0) is 10.2 Å². The summed E-state index contributed by atoms with van der Waals surface area (Å²) in [5.41, 5.74) is 3.26. The Balaban J connectivity index is 1.94. The SMILES string of the molecule is CC(C)(C)c1ccc(-n2cccc2C=C2SC(=O)NC2=O)cc1. The summed E-state index contributed by atoms with van der Waals surface area (Å²) in [7, 11) is 0. The number of nitrogens with zero attached hydrogens (tertiary/aromatic N) is 1. The van der Waals surface area contributed by atoms with E-state index in [1.165, 1.54) is 5.56 Å². The monoisotopic (exact) mass is 326 g/mol. The molecule has 0 radical (unpaired) electrons. The first-order chi connectivity index (χ1) is 10.8. The molecular weight excluding hydrogens is 308 g/mol. The number of rotatable bonds is 2. The molecule has 1 N–H and O–H groups in total. The van der Waals surface area contributed by atoms with E-state index in [-0.39, 0.29) is 16.6 Å². The van der Waals surface area contributed by atoms with E-state index < -0.39 is 0 Å². The average molecular weight is 326 g/mol. The second-order valence-corrected chi connectivity index (χ2v) is 7.47. The lowest BCUT2D eigenvalue weighted by Crippen LogP contribution is -2.17. The molecule has 0 saturated carbocycles. The van der Waals surface area contributed by atoms with Gasteiger partial charge in [-0.3, -0.25) is 14.9 Å². The summed E-state index contributed by atoms with van der Waals surface area (Å²) >= 11 is 0.930. The van der Waals surface area contributed by atoms with Crippen LogP contribution in [0.15, 0.2) is 47.5 Å². The largest absolute Gasteiger partial charge is 0.317 e. The Morgan fingerprint density at radius 2 is 1.78 bits per heavy atom. The first kappa shape index (κ1) is 15.6. The second-order valence-electron chi connectivity index (χ2n) is 6.45. The zero-order valence-corrected chi connectivity index (χ0v) is 14.1. The molecule has 0 atom stereocenters. The van der Waals surface area contributed by atoms with E-state index in [0.29, 0.717) is 4.91 Å². The number of carbonyl (C=O) groups is 2. The molecule has 5 heteroatoms. The number of nitrogens with one attached hydrogen (secondary N) is 1. The van der Waals surface area contributed by atoms with Gasteiger partial charge < -0.3 is 4.57 Å². The number of thioether (sulfide) groups is 1. The van der Waals surface area contributed by atoms with Crippen LogP contribution in [0, 0.1) is 0 Å². The van der Waals surface area contributed by atoms with Crippen molar-refractivity contribution in [3.8, 4) is 5.69 Å². The third-order valence-electron chi connectivity index (χ3n) is 3.71. The summed E-state index contributed by atoms with van der Waals surface area (Å²) in [4.78, 5) is 23.4. The standard InChI is InChI=1S/C18H18N2O2S/c1-18(2,3)12-6-8-13(9-7-12)20-10-4-5-14(20)11-15-16(21)19-17(22)23-15/h4-11H,1-3H3,(H,19,21,22). The molecule has 2 heterocycles. The number of carbonyl (C=O) groups excluding carboxylic acids is 2. The van der Waals surface area contributed by atoms with Crippen LogP contribution in [-0.4, -0.2) is 15.7 Å². The van der Waals surface area contributed by atoms with E-state index in [0.717, 1.165) is 23.1 Å². The van der Waals surface area contributed by atoms with Gasteiger partial charge in [0.1, 0.15) is 0 Å². The fourth-order valence-corrected chi connectivity index (χ4v) is 3.09. The highest BCUT2D eigenvalue weighted by molar-refractivity contribution is 8.18. The Hall–Kier alpha value is -2.27. The molecule has 1 fully saturated rings. The van der Waals surface area contributed by atoms with Crippen molar-refractivity contribution in [2.24, 2.45) is 0 Å². The highest BCUT2D eigenvalue weighted by Crippen LogP contribution is 2.27. The highest BCUT2D eigenvalue weighted by atomic mass is 32.2. The predicted molar refractivity (Wildman–Crippen MR) is 93.6 cm³/mol. The van der Waals surface area contributed by atoms with Gasteiger partial charge in [-0.2, -0.15) is 0 Å². The Bertz CT molecular complexity index is 795. The Labute approximate surface area is 139 Å². The molecule has 1 aliphatic heterocycles. The van der Waals surface area contributed by atoms with Crippen molar-refractivity contribution in [3.05, 3.63) is 58.8 Å². The number of benzene rings is 1. The van der Waals surface area contributed by atoms with E-state index in [9.17, 15) is 9.59 Å². The summed E-state index contributed by atoms with van der Waals surface area (Å²) in [6.45, 7) is 6.54. The first-order valence-electron chi connectivity index (χ1n) is 7.38. The van der Waals surface area contributed by atoms with Crippen LogP contribution in [0.4, 0.5) is 4.79 Å². The quantitative estimate of drug-likeness (QED) is 0.845. The summed E-state index contributed by atoms with van der Waals surface area (Å²) in [6.07, 6.45) is 3.68. The van der Waals surface area contributed by atoms with Crippen LogP contribution in [0.5, 0.6) is 0 Å². The fourth-order valence-electron chi connectivity index (χ4n) is 2.42. The highest BCUT2D eigenvalue weighted by Gasteiger charge is 2.25. The Morgan fingerprint density at radius 1 is 1.09 bits per heavy atom. The molecular formula is C18H18N2O2S. The number of amides is 2. The normalized spacial score (nSPS) is 16.9. The molecule has 118 valence electrons. The minimum absolute atomic E-state index is 0.110. The van der Waals surface area contributed by atoms with E-state index in [1.807, 2.05) is 22.9 Å². The predicted octanol–water partition coefficient (Wildman–Crippen LogP) is 4.10. The van der Waals surface area contributed by atoms with Crippen molar-refractivity contribution < 1.29 is 9.59 Å².